The first-order chi connectivity index (χ1) is 12.6. The molecule has 132 valence electrons. The van der Waals surface area contributed by atoms with Crippen LogP contribution < -0.4 is 10.2 Å². The van der Waals surface area contributed by atoms with Crippen LogP contribution in [0.15, 0.2) is 48.5 Å². The van der Waals surface area contributed by atoms with Crippen molar-refractivity contribution in [2.24, 2.45) is 5.92 Å². The van der Waals surface area contributed by atoms with E-state index in [1.165, 1.54) is 11.0 Å². The van der Waals surface area contributed by atoms with Gasteiger partial charge in [0.1, 0.15) is 5.82 Å². The van der Waals surface area contributed by atoms with Crippen molar-refractivity contribution in [3.8, 4) is 0 Å². The van der Waals surface area contributed by atoms with Crippen molar-refractivity contribution < 1.29 is 14.0 Å². The van der Waals surface area contributed by atoms with E-state index in [9.17, 15) is 14.0 Å². The Labute approximate surface area is 149 Å². The van der Waals surface area contributed by atoms with Crippen molar-refractivity contribution in [3.63, 3.8) is 0 Å². The number of nitrogens with zero attached hydrogens (tertiary/aromatic N) is 2. The van der Waals surface area contributed by atoms with E-state index in [-0.39, 0.29) is 37.1 Å². The van der Waals surface area contributed by atoms with Crippen LogP contribution in [-0.4, -0.2) is 28.6 Å². The van der Waals surface area contributed by atoms with E-state index in [0.29, 0.717) is 11.4 Å². The van der Waals surface area contributed by atoms with E-state index < -0.39 is 5.92 Å². The van der Waals surface area contributed by atoms with Gasteiger partial charge in [-0.1, -0.05) is 30.3 Å². The predicted octanol–water partition coefficient (Wildman–Crippen LogP) is 2.37. The summed E-state index contributed by atoms with van der Waals surface area (Å²) in [5.41, 5.74) is 1.25. The number of halogens is 1. The number of rotatable bonds is 4. The second kappa shape index (κ2) is 6.59. The maximum absolute atomic E-state index is 13.7. The molecule has 1 unspecified atom stereocenters. The number of aromatic nitrogens is 2. The largest absolute Gasteiger partial charge is 0.352 e. The molecule has 4 rings (SSSR count). The molecule has 1 aliphatic rings. The van der Waals surface area contributed by atoms with Crippen molar-refractivity contribution in [2.75, 3.05) is 11.4 Å². The van der Waals surface area contributed by atoms with Gasteiger partial charge in [-0.3, -0.25) is 19.6 Å². The predicted molar refractivity (Wildman–Crippen MR) is 94.8 cm³/mol. The van der Waals surface area contributed by atoms with Crippen molar-refractivity contribution in [1.29, 1.82) is 0 Å². The molecular formula is C19H17FN4O2. The molecule has 6 nitrogen and oxygen atoms in total. The highest BCUT2D eigenvalue weighted by molar-refractivity contribution is 6.05. The third-order valence-corrected chi connectivity index (χ3v) is 4.61. The van der Waals surface area contributed by atoms with Crippen LogP contribution in [0.2, 0.25) is 0 Å². The topological polar surface area (TPSA) is 78.1 Å². The Morgan fingerprint density at radius 2 is 2.00 bits per heavy atom. The SMILES string of the molecule is O=C(NCc1ccccc1F)C1CC(=O)N(c2n[nH]c3ccccc23)C1. The lowest BCUT2D eigenvalue weighted by Crippen LogP contribution is -2.33. The van der Waals surface area contributed by atoms with Gasteiger partial charge >= 0.3 is 0 Å². The van der Waals surface area contributed by atoms with E-state index in [0.717, 1.165) is 10.9 Å². The lowest BCUT2D eigenvalue weighted by Gasteiger charge is -2.14. The van der Waals surface area contributed by atoms with Gasteiger partial charge in [0.25, 0.3) is 0 Å². The molecule has 0 saturated carbocycles. The van der Waals surface area contributed by atoms with Crippen LogP contribution in [0.3, 0.4) is 0 Å². The zero-order chi connectivity index (χ0) is 18.1. The molecule has 26 heavy (non-hydrogen) atoms. The number of amides is 2. The van der Waals surface area contributed by atoms with Crippen LogP contribution in [0.4, 0.5) is 10.2 Å². The van der Waals surface area contributed by atoms with Crippen LogP contribution in [0.5, 0.6) is 0 Å². The number of fused-ring (bicyclic) bond motifs is 1. The van der Waals surface area contributed by atoms with Gasteiger partial charge in [0.2, 0.25) is 11.8 Å². The van der Waals surface area contributed by atoms with E-state index in [1.807, 2.05) is 24.3 Å². The van der Waals surface area contributed by atoms with Crippen LogP contribution in [-0.2, 0) is 16.1 Å². The number of carbonyl (C=O) groups is 2. The third kappa shape index (κ3) is 2.92. The number of aromatic amines is 1. The Kier molecular flexibility index (Phi) is 4.12. The molecule has 0 radical (unpaired) electrons. The number of anilines is 1. The molecule has 1 saturated heterocycles. The molecule has 1 fully saturated rings. The Balaban J connectivity index is 1.46. The van der Waals surface area contributed by atoms with E-state index in [4.69, 9.17) is 0 Å². The number of benzene rings is 2. The summed E-state index contributed by atoms with van der Waals surface area (Å²) in [5.74, 6) is -0.711. The number of hydrogen-bond donors (Lipinski definition) is 2. The minimum Gasteiger partial charge on any atom is -0.352 e. The molecule has 0 spiro atoms. The Morgan fingerprint density at radius 1 is 1.23 bits per heavy atom. The van der Waals surface area contributed by atoms with Gasteiger partial charge in [-0.05, 0) is 18.2 Å². The summed E-state index contributed by atoms with van der Waals surface area (Å²) in [6.07, 6.45) is 0.115. The zero-order valence-corrected chi connectivity index (χ0v) is 13.9. The zero-order valence-electron chi connectivity index (χ0n) is 13.9. The number of carbonyl (C=O) groups excluding carboxylic acids is 2. The van der Waals surface area contributed by atoms with Gasteiger partial charge in [-0.25, -0.2) is 4.39 Å². The number of hydrogen-bond acceptors (Lipinski definition) is 3. The molecule has 0 bridgehead atoms. The lowest BCUT2D eigenvalue weighted by atomic mass is 10.1. The second-order valence-corrected chi connectivity index (χ2v) is 6.31. The monoisotopic (exact) mass is 352 g/mol. The van der Waals surface area contributed by atoms with Gasteiger partial charge in [-0.2, -0.15) is 5.10 Å². The maximum Gasteiger partial charge on any atom is 0.229 e. The van der Waals surface area contributed by atoms with Gasteiger partial charge in [0.05, 0.1) is 11.4 Å². The van der Waals surface area contributed by atoms with Crippen molar-refractivity contribution in [1.82, 2.24) is 15.5 Å². The van der Waals surface area contributed by atoms with E-state index in [1.54, 1.807) is 18.2 Å². The highest BCUT2D eigenvalue weighted by Gasteiger charge is 2.36. The van der Waals surface area contributed by atoms with E-state index >= 15 is 0 Å². The molecule has 1 aromatic heterocycles. The number of H-pyrrole nitrogens is 1. The van der Waals surface area contributed by atoms with E-state index in [2.05, 4.69) is 15.5 Å². The van der Waals surface area contributed by atoms with Crippen LogP contribution >= 0.6 is 0 Å². The standard InChI is InChI=1S/C19H17FN4O2/c20-15-7-3-1-5-12(15)10-21-19(26)13-9-17(25)24(11-13)18-14-6-2-4-8-16(14)22-23-18/h1-8,13H,9-11H2,(H,21,26)(H,22,23). The fraction of sp³-hybridized carbons (Fsp3) is 0.211. The first-order valence-electron chi connectivity index (χ1n) is 8.38. The summed E-state index contributed by atoms with van der Waals surface area (Å²) >= 11 is 0. The first kappa shape index (κ1) is 16.3. The van der Waals surface area contributed by atoms with Crippen LogP contribution in [0, 0.1) is 11.7 Å². The quantitative estimate of drug-likeness (QED) is 0.757. The average molecular weight is 352 g/mol. The maximum atomic E-state index is 13.7. The van der Waals surface area contributed by atoms with Crippen LogP contribution in [0.25, 0.3) is 10.9 Å². The molecule has 2 aromatic carbocycles. The summed E-state index contributed by atoms with van der Waals surface area (Å²) in [5, 5.41) is 10.7. The number of nitrogens with one attached hydrogen (secondary N) is 2. The molecule has 7 heteroatoms. The van der Waals surface area contributed by atoms with Gasteiger partial charge in [-0.15, -0.1) is 0 Å². The second-order valence-electron chi connectivity index (χ2n) is 6.31. The summed E-state index contributed by atoms with van der Waals surface area (Å²) < 4.78 is 13.7. The smallest absolute Gasteiger partial charge is 0.229 e. The van der Waals surface area contributed by atoms with Crippen molar-refractivity contribution >= 4 is 28.5 Å². The van der Waals surface area contributed by atoms with Gasteiger partial charge in [0.15, 0.2) is 5.82 Å². The molecule has 1 aliphatic heterocycles. The molecule has 1 atom stereocenters. The minimum atomic E-state index is -0.482. The number of para-hydroxylation sites is 1. The highest BCUT2D eigenvalue weighted by Crippen LogP contribution is 2.29. The molecule has 2 heterocycles. The van der Waals surface area contributed by atoms with Crippen molar-refractivity contribution in [3.05, 3.63) is 59.9 Å². The Hall–Kier alpha value is -3.22. The molecule has 2 N–H and O–H groups in total. The molecule has 2 amide bonds. The molecule has 0 aliphatic carbocycles. The fourth-order valence-electron chi connectivity index (χ4n) is 3.21. The minimum absolute atomic E-state index is 0.0987. The Morgan fingerprint density at radius 3 is 2.85 bits per heavy atom. The van der Waals surface area contributed by atoms with Gasteiger partial charge in [0, 0.05) is 30.5 Å². The Bertz CT molecular complexity index is 984. The summed E-state index contributed by atoms with van der Waals surface area (Å²) in [6.45, 7) is 0.359. The summed E-state index contributed by atoms with van der Waals surface area (Å²) in [4.78, 5) is 26.3. The summed E-state index contributed by atoms with van der Waals surface area (Å²) in [6, 6.07) is 13.8. The third-order valence-electron chi connectivity index (χ3n) is 4.61. The fourth-order valence-corrected chi connectivity index (χ4v) is 3.21. The first-order valence-corrected chi connectivity index (χ1v) is 8.38. The van der Waals surface area contributed by atoms with Crippen molar-refractivity contribution in [2.45, 2.75) is 13.0 Å². The highest BCUT2D eigenvalue weighted by atomic mass is 19.1. The molecule has 3 aromatic rings. The summed E-state index contributed by atoms with van der Waals surface area (Å²) in [7, 11) is 0. The lowest BCUT2D eigenvalue weighted by molar-refractivity contribution is -0.126. The molecular weight excluding hydrogens is 335 g/mol. The van der Waals surface area contributed by atoms with Gasteiger partial charge < -0.3 is 5.32 Å². The van der Waals surface area contributed by atoms with Crippen LogP contribution in [0.1, 0.15) is 12.0 Å². The normalized spacial score (nSPS) is 17.0. The average Bonchev–Trinajstić information content (AvgIpc) is 3.24.